The molecule has 0 aromatic carbocycles. The van der Waals surface area contributed by atoms with Crippen molar-refractivity contribution in [2.45, 2.75) is 25.7 Å². The molecule has 1 fully saturated rings. The lowest BCUT2D eigenvalue weighted by Gasteiger charge is -2.07. The van der Waals surface area contributed by atoms with E-state index < -0.39 is 0 Å². The van der Waals surface area contributed by atoms with E-state index in [1.807, 2.05) is 0 Å². The molecule has 0 radical (unpaired) electrons. The minimum absolute atomic E-state index is 0.132. The molecule has 0 aromatic heterocycles. The van der Waals surface area contributed by atoms with Crippen LogP contribution in [0.25, 0.3) is 0 Å². The Bertz CT molecular complexity index is 188. The van der Waals surface area contributed by atoms with Crippen molar-refractivity contribution in [1.29, 1.82) is 0 Å². The predicted molar refractivity (Wildman–Crippen MR) is 62.5 cm³/mol. The van der Waals surface area contributed by atoms with Crippen LogP contribution in [0.3, 0.4) is 0 Å². The molecule has 1 rings (SSSR count). The second kappa shape index (κ2) is 6.93. The summed E-state index contributed by atoms with van der Waals surface area (Å²) in [6.07, 6.45) is 7.20. The number of amides is 1. The fraction of sp³-hybridized carbons (Fsp3) is 0.727. The van der Waals surface area contributed by atoms with Gasteiger partial charge in [-0.05, 0) is 24.5 Å². The standard InChI is InChI=1S/C11H19NOS/c1-2-7-12-11(13)9-14-8-10-5-3-4-6-10/h2,10H,1,3-9H2,(H,12,13). The second-order valence-corrected chi connectivity index (χ2v) is 4.79. The SMILES string of the molecule is C=CCNC(=O)CSCC1CCCC1. The average molecular weight is 213 g/mol. The number of rotatable bonds is 6. The van der Waals surface area contributed by atoms with Crippen molar-refractivity contribution < 1.29 is 4.79 Å². The van der Waals surface area contributed by atoms with Gasteiger partial charge in [0.1, 0.15) is 0 Å². The third-order valence-corrected chi connectivity index (χ3v) is 3.68. The predicted octanol–water partition coefficient (Wildman–Crippen LogP) is 2.21. The quantitative estimate of drug-likeness (QED) is 0.685. The maximum atomic E-state index is 11.2. The lowest BCUT2D eigenvalue weighted by Crippen LogP contribution is -2.25. The molecule has 0 aromatic rings. The number of thioether (sulfide) groups is 1. The lowest BCUT2D eigenvalue weighted by molar-refractivity contribution is -0.118. The van der Waals surface area contributed by atoms with Gasteiger partial charge >= 0.3 is 0 Å². The summed E-state index contributed by atoms with van der Waals surface area (Å²) in [5.74, 6) is 2.76. The fourth-order valence-corrected chi connectivity index (χ4v) is 2.80. The van der Waals surface area contributed by atoms with Crippen molar-refractivity contribution in [3.05, 3.63) is 12.7 Å². The van der Waals surface area contributed by atoms with Crippen molar-refractivity contribution in [1.82, 2.24) is 5.32 Å². The highest BCUT2D eigenvalue weighted by molar-refractivity contribution is 7.99. The van der Waals surface area contributed by atoms with Gasteiger partial charge in [0.15, 0.2) is 0 Å². The maximum absolute atomic E-state index is 11.2. The van der Waals surface area contributed by atoms with Crippen LogP contribution in [-0.2, 0) is 4.79 Å². The van der Waals surface area contributed by atoms with Crippen molar-refractivity contribution in [3.63, 3.8) is 0 Å². The minimum atomic E-state index is 0.132. The Hall–Kier alpha value is -0.440. The normalized spacial score (nSPS) is 16.9. The summed E-state index contributed by atoms with van der Waals surface area (Å²) in [5, 5.41) is 2.78. The highest BCUT2D eigenvalue weighted by atomic mass is 32.2. The van der Waals surface area contributed by atoms with Crippen molar-refractivity contribution in [2.75, 3.05) is 18.1 Å². The molecule has 14 heavy (non-hydrogen) atoms. The van der Waals surface area contributed by atoms with Gasteiger partial charge in [-0.15, -0.1) is 6.58 Å². The van der Waals surface area contributed by atoms with Gasteiger partial charge in [0.2, 0.25) is 5.91 Å². The molecule has 80 valence electrons. The zero-order chi connectivity index (χ0) is 10.2. The number of nitrogens with one attached hydrogen (secondary N) is 1. The van der Waals surface area contributed by atoms with Gasteiger partial charge in [-0.25, -0.2) is 0 Å². The van der Waals surface area contributed by atoms with Crippen LogP contribution in [0.2, 0.25) is 0 Å². The van der Waals surface area contributed by atoms with Crippen molar-refractivity contribution in [3.8, 4) is 0 Å². The Morgan fingerprint density at radius 2 is 2.21 bits per heavy atom. The molecule has 0 aliphatic heterocycles. The maximum Gasteiger partial charge on any atom is 0.230 e. The van der Waals surface area contributed by atoms with Crippen LogP contribution < -0.4 is 5.32 Å². The molecular formula is C11H19NOS. The summed E-state index contributed by atoms with van der Waals surface area (Å²) in [4.78, 5) is 11.2. The van der Waals surface area contributed by atoms with E-state index in [9.17, 15) is 4.79 Å². The first-order valence-corrected chi connectivity index (χ1v) is 6.43. The van der Waals surface area contributed by atoms with Gasteiger partial charge in [0, 0.05) is 6.54 Å². The Morgan fingerprint density at radius 1 is 1.50 bits per heavy atom. The van der Waals surface area contributed by atoms with Crippen molar-refractivity contribution >= 4 is 17.7 Å². The summed E-state index contributed by atoms with van der Waals surface area (Å²) in [6.45, 7) is 4.14. The molecule has 0 spiro atoms. The first-order valence-electron chi connectivity index (χ1n) is 5.28. The number of hydrogen-bond acceptors (Lipinski definition) is 2. The van der Waals surface area contributed by atoms with E-state index >= 15 is 0 Å². The van der Waals surface area contributed by atoms with Gasteiger partial charge < -0.3 is 5.32 Å². The average Bonchev–Trinajstić information content (AvgIpc) is 2.67. The third kappa shape index (κ3) is 4.70. The third-order valence-electron chi connectivity index (χ3n) is 2.51. The minimum Gasteiger partial charge on any atom is -0.352 e. The molecule has 1 amide bonds. The largest absolute Gasteiger partial charge is 0.352 e. The molecular weight excluding hydrogens is 194 g/mol. The Labute approximate surface area is 90.5 Å². The summed E-state index contributed by atoms with van der Waals surface area (Å²) >= 11 is 1.76. The molecule has 1 saturated carbocycles. The van der Waals surface area contributed by atoms with Gasteiger partial charge in [0.05, 0.1) is 5.75 Å². The van der Waals surface area contributed by atoms with E-state index in [4.69, 9.17) is 0 Å². The molecule has 1 N–H and O–H groups in total. The number of hydrogen-bond donors (Lipinski definition) is 1. The molecule has 2 nitrogen and oxygen atoms in total. The van der Waals surface area contributed by atoms with Crippen LogP contribution in [0, 0.1) is 5.92 Å². The van der Waals surface area contributed by atoms with E-state index in [1.54, 1.807) is 17.8 Å². The van der Waals surface area contributed by atoms with E-state index in [0.29, 0.717) is 12.3 Å². The summed E-state index contributed by atoms with van der Waals surface area (Å²) in [5.41, 5.74) is 0. The molecule has 0 bridgehead atoms. The summed E-state index contributed by atoms with van der Waals surface area (Å²) in [6, 6.07) is 0. The van der Waals surface area contributed by atoms with E-state index in [0.717, 1.165) is 11.7 Å². The first-order chi connectivity index (χ1) is 6.83. The van der Waals surface area contributed by atoms with E-state index in [1.165, 1.54) is 25.7 Å². The highest BCUT2D eigenvalue weighted by Gasteiger charge is 2.14. The topological polar surface area (TPSA) is 29.1 Å². The van der Waals surface area contributed by atoms with E-state index in [2.05, 4.69) is 11.9 Å². The molecule has 0 saturated heterocycles. The smallest absolute Gasteiger partial charge is 0.230 e. The highest BCUT2D eigenvalue weighted by Crippen LogP contribution is 2.27. The Kier molecular flexibility index (Phi) is 5.76. The Morgan fingerprint density at radius 3 is 2.86 bits per heavy atom. The van der Waals surface area contributed by atoms with Gasteiger partial charge in [0.25, 0.3) is 0 Å². The monoisotopic (exact) mass is 213 g/mol. The molecule has 0 unspecified atom stereocenters. The van der Waals surface area contributed by atoms with Crippen LogP contribution in [-0.4, -0.2) is 24.0 Å². The molecule has 1 aliphatic rings. The zero-order valence-corrected chi connectivity index (χ0v) is 9.44. The zero-order valence-electron chi connectivity index (χ0n) is 8.63. The first kappa shape index (κ1) is 11.6. The summed E-state index contributed by atoms with van der Waals surface area (Å²) in [7, 11) is 0. The second-order valence-electron chi connectivity index (χ2n) is 3.76. The molecule has 0 atom stereocenters. The van der Waals surface area contributed by atoms with Gasteiger partial charge in [-0.2, -0.15) is 11.8 Å². The van der Waals surface area contributed by atoms with Crippen LogP contribution in [0.4, 0.5) is 0 Å². The van der Waals surface area contributed by atoms with Gasteiger partial charge in [-0.3, -0.25) is 4.79 Å². The fourth-order valence-electron chi connectivity index (χ4n) is 1.73. The van der Waals surface area contributed by atoms with Crippen molar-refractivity contribution in [2.24, 2.45) is 5.92 Å². The van der Waals surface area contributed by atoms with E-state index in [-0.39, 0.29) is 5.91 Å². The molecule has 1 aliphatic carbocycles. The van der Waals surface area contributed by atoms with Crippen LogP contribution >= 0.6 is 11.8 Å². The van der Waals surface area contributed by atoms with Gasteiger partial charge in [-0.1, -0.05) is 18.9 Å². The number of carbonyl (C=O) groups is 1. The lowest BCUT2D eigenvalue weighted by atomic mass is 10.1. The molecule has 3 heteroatoms. The van der Waals surface area contributed by atoms with Crippen LogP contribution in [0.15, 0.2) is 12.7 Å². The van der Waals surface area contributed by atoms with Crippen LogP contribution in [0.1, 0.15) is 25.7 Å². The number of carbonyl (C=O) groups excluding carboxylic acids is 1. The summed E-state index contributed by atoms with van der Waals surface area (Å²) < 4.78 is 0. The van der Waals surface area contributed by atoms with Crippen LogP contribution in [0.5, 0.6) is 0 Å². The molecule has 0 heterocycles. The Balaban J connectivity index is 1.96.